The number of nitrogens with zero attached hydrogens (tertiary/aromatic N) is 8. The number of benzene rings is 2. The van der Waals surface area contributed by atoms with Crippen molar-refractivity contribution >= 4 is 35.2 Å². The van der Waals surface area contributed by atoms with Crippen LogP contribution in [-0.4, -0.2) is 174 Å². The number of nitrogens with two attached hydrogens (primary N) is 3. The Labute approximate surface area is 490 Å². The summed E-state index contributed by atoms with van der Waals surface area (Å²) in [4.78, 5) is 44.1. The van der Waals surface area contributed by atoms with Crippen LogP contribution in [0, 0.1) is 24.2 Å². The summed E-state index contributed by atoms with van der Waals surface area (Å²) in [6, 6.07) is 18.3. The summed E-state index contributed by atoms with van der Waals surface area (Å²) >= 11 is 1.64. The van der Waals surface area contributed by atoms with Crippen LogP contribution in [-0.2, 0) is 19.1 Å². The van der Waals surface area contributed by atoms with Gasteiger partial charge in [-0.05, 0) is 145 Å². The molecule has 6 aliphatic heterocycles. The molecule has 446 valence electrons. The van der Waals surface area contributed by atoms with Crippen molar-refractivity contribution in [1.82, 2.24) is 40.0 Å². The number of para-hydroxylation sites is 1. The van der Waals surface area contributed by atoms with Gasteiger partial charge in [-0.3, -0.25) is 19.4 Å². The Morgan fingerprint density at radius 2 is 1.63 bits per heavy atom. The number of allylic oxidation sites excluding steroid dienone is 1. The van der Waals surface area contributed by atoms with Gasteiger partial charge in [0.1, 0.15) is 17.5 Å². The molecule has 2 spiro atoms. The van der Waals surface area contributed by atoms with E-state index in [9.17, 15) is 14.7 Å². The molecule has 4 aromatic rings. The molecule has 8 N–H and O–H groups in total. The van der Waals surface area contributed by atoms with Crippen LogP contribution >= 0.6 is 11.3 Å². The number of aromatic nitrogens is 2. The van der Waals surface area contributed by atoms with E-state index in [2.05, 4.69) is 78.9 Å². The van der Waals surface area contributed by atoms with Crippen LogP contribution in [0.3, 0.4) is 0 Å². The van der Waals surface area contributed by atoms with Crippen molar-refractivity contribution < 1.29 is 28.7 Å². The molecule has 8 heterocycles. The average Bonchev–Trinajstić information content (AvgIpc) is 4.29. The number of carbonyl (C=O) groups is 2. The first-order valence-corrected chi connectivity index (χ1v) is 31.4. The van der Waals surface area contributed by atoms with Crippen molar-refractivity contribution in [3.63, 3.8) is 0 Å². The number of carbonyl (C=O) groups excluding carboxylic acids is 2. The van der Waals surface area contributed by atoms with E-state index in [0.29, 0.717) is 40.4 Å². The Balaban J connectivity index is 0.000000378. The van der Waals surface area contributed by atoms with Gasteiger partial charge in [-0.15, -0.1) is 11.3 Å². The van der Waals surface area contributed by atoms with Gasteiger partial charge >= 0.3 is 0 Å². The molecule has 11 rings (SSSR count). The zero-order valence-electron chi connectivity index (χ0n) is 49.4. The SMILES string of the molecule is CC(C)C(C(=O)N1CCCC1C)c1cc(N2CCC(CN3CCC4(CC3)CC(N3CCOC(CN5CCOC6(CCN(C(/C=C(\N)c7ccccc7O)=C(N)N)CC6)C5)C3)C4)CC2)no1.Cc1ncsc1-c1ccc(C(C)NC=O)cc1. The topological polar surface area (TPSA) is 221 Å². The number of hydrogen-bond acceptors (Lipinski definition) is 17. The summed E-state index contributed by atoms with van der Waals surface area (Å²) in [7, 11) is 0. The monoisotopic (exact) mass is 1140 g/mol. The molecule has 6 saturated heterocycles. The normalized spacial score (nSPS) is 23.8. The molecule has 2 aromatic heterocycles. The van der Waals surface area contributed by atoms with Gasteiger partial charge in [0.15, 0.2) is 11.6 Å². The lowest BCUT2D eigenvalue weighted by molar-refractivity contribution is -0.148. The van der Waals surface area contributed by atoms with E-state index in [4.69, 9.17) is 31.2 Å². The predicted molar refractivity (Wildman–Crippen MR) is 323 cm³/mol. The van der Waals surface area contributed by atoms with Gasteiger partial charge in [0.25, 0.3) is 0 Å². The minimum Gasteiger partial charge on any atom is -0.507 e. The highest BCUT2D eigenvalue weighted by Gasteiger charge is 2.49. The predicted octanol–water partition coefficient (Wildman–Crippen LogP) is 7.47. The minimum absolute atomic E-state index is 0.0455. The molecule has 4 unspecified atom stereocenters. The van der Waals surface area contributed by atoms with Crippen molar-refractivity contribution in [3.05, 3.63) is 100 Å². The van der Waals surface area contributed by atoms with E-state index in [-0.39, 0.29) is 47.1 Å². The average molecular weight is 1150 g/mol. The third-order valence-electron chi connectivity index (χ3n) is 19.3. The smallest absolute Gasteiger partial charge is 0.233 e. The quantitative estimate of drug-likeness (QED) is 0.0542. The number of hydrogen-bond donors (Lipinski definition) is 5. The van der Waals surface area contributed by atoms with Crippen LogP contribution in [0.1, 0.15) is 126 Å². The summed E-state index contributed by atoms with van der Waals surface area (Å²) in [5, 5.41) is 17.6. The second kappa shape index (κ2) is 26.5. The van der Waals surface area contributed by atoms with Crippen molar-refractivity contribution in [2.24, 2.45) is 34.5 Å². The largest absolute Gasteiger partial charge is 0.507 e. The molecule has 2 aromatic carbocycles. The van der Waals surface area contributed by atoms with Gasteiger partial charge in [-0.2, -0.15) is 0 Å². The summed E-state index contributed by atoms with van der Waals surface area (Å²) in [5.41, 5.74) is 26.0. The molecule has 82 heavy (non-hydrogen) atoms. The summed E-state index contributed by atoms with van der Waals surface area (Å²) < 4.78 is 18.9. The number of rotatable bonds is 16. The van der Waals surface area contributed by atoms with Crippen LogP contribution in [0.25, 0.3) is 16.1 Å². The molecule has 0 bridgehead atoms. The zero-order valence-corrected chi connectivity index (χ0v) is 50.2. The number of morpholine rings is 2. The Bertz CT molecular complexity index is 2800. The van der Waals surface area contributed by atoms with Gasteiger partial charge in [0.05, 0.1) is 52.7 Å². The van der Waals surface area contributed by atoms with E-state index in [1.807, 2.05) is 42.5 Å². The van der Waals surface area contributed by atoms with Crippen LogP contribution in [0.4, 0.5) is 5.82 Å². The van der Waals surface area contributed by atoms with Gasteiger partial charge < -0.3 is 61.2 Å². The molecule has 18 nitrogen and oxygen atoms in total. The van der Waals surface area contributed by atoms with E-state index < -0.39 is 0 Å². The van der Waals surface area contributed by atoms with Gasteiger partial charge in [-0.25, -0.2) is 4.98 Å². The van der Waals surface area contributed by atoms with Crippen LogP contribution in [0.5, 0.6) is 5.75 Å². The van der Waals surface area contributed by atoms with Crippen molar-refractivity contribution in [2.75, 3.05) is 103 Å². The lowest BCUT2D eigenvalue weighted by atomic mass is 9.60. The van der Waals surface area contributed by atoms with E-state index in [0.717, 1.165) is 134 Å². The Hall–Kier alpha value is -5.70. The maximum Gasteiger partial charge on any atom is 0.233 e. The highest BCUT2D eigenvalue weighted by atomic mass is 32.1. The number of phenolic OH excluding ortho intramolecular Hbond substituents is 1. The second-order valence-corrected chi connectivity index (χ2v) is 26.1. The maximum atomic E-state index is 13.6. The number of ether oxygens (including phenoxy) is 2. The van der Waals surface area contributed by atoms with Gasteiger partial charge in [0, 0.05) is 101 Å². The second-order valence-electron chi connectivity index (χ2n) is 25.2. The Kier molecular flexibility index (Phi) is 19.2. The van der Waals surface area contributed by atoms with Crippen LogP contribution in [0.2, 0.25) is 0 Å². The van der Waals surface area contributed by atoms with Crippen LogP contribution in [0.15, 0.2) is 82.2 Å². The van der Waals surface area contributed by atoms with Crippen molar-refractivity contribution in [2.45, 2.75) is 135 Å². The summed E-state index contributed by atoms with van der Waals surface area (Å²) in [6.45, 7) is 24.7. The van der Waals surface area contributed by atoms with E-state index >= 15 is 0 Å². The fourth-order valence-corrected chi connectivity index (χ4v) is 15.1. The number of likely N-dealkylation sites (tertiary alicyclic amines) is 3. The molecule has 2 amide bonds. The van der Waals surface area contributed by atoms with Gasteiger partial charge in [0.2, 0.25) is 12.3 Å². The third kappa shape index (κ3) is 13.9. The highest BCUT2D eigenvalue weighted by molar-refractivity contribution is 7.13. The number of aryl methyl sites for hydroxylation is 1. The lowest BCUT2D eigenvalue weighted by Gasteiger charge is -2.56. The molecule has 0 radical (unpaired) electrons. The molecule has 19 heteroatoms. The number of anilines is 1. The van der Waals surface area contributed by atoms with Crippen LogP contribution < -0.4 is 27.4 Å². The number of piperidine rings is 3. The number of nitrogens with one attached hydrogen (secondary N) is 1. The molecule has 7 fully saturated rings. The lowest BCUT2D eigenvalue weighted by Crippen LogP contribution is -2.61. The fourth-order valence-electron chi connectivity index (χ4n) is 14.3. The number of aromatic hydroxyl groups is 1. The first-order valence-electron chi connectivity index (χ1n) is 30.5. The zero-order chi connectivity index (χ0) is 57.5. The van der Waals surface area contributed by atoms with E-state index in [1.54, 1.807) is 35.6 Å². The molecule has 7 aliphatic rings. The Morgan fingerprint density at radius 3 is 2.29 bits per heavy atom. The van der Waals surface area contributed by atoms with Crippen molar-refractivity contribution in [1.29, 1.82) is 0 Å². The first-order chi connectivity index (χ1) is 39.6. The molecule has 4 atom stereocenters. The number of thiazole rings is 1. The molecular formula is C63H92N12O6S. The Morgan fingerprint density at radius 1 is 0.890 bits per heavy atom. The highest BCUT2D eigenvalue weighted by Crippen LogP contribution is 2.51. The van der Waals surface area contributed by atoms with E-state index in [1.165, 1.54) is 68.6 Å². The minimum atomic E-state index is -0.274. The number of amides is 2. The fraction of sp³-hybridized carbons (Fsp3) is 0.619. The van der Waals surface area contributed by atoms with Gasteiger partial charge in [-0.1, -0.05) is 55.4 Å². The third-order valence-corrected chi connectivity index (χ3v) is 20.3. The number of phenols is 1. The first kappa shape index (κ1) is 59.5. The molecular weight excluding hydrogens is 1050 g/mol. The standard InChI is InChI=1S/C50H78N10O5.C13H14N2OS/c1-35(2)46(48(62)60-16-6-7-36(60)3)44-28-45(54-65-44)58-17-10-37(11-18-58)31-55-19-12-49(13-20-55)29-38(30-49)59-24-25-63-39(33-59)32-56-23-26-64-50(34-56)14-21-57(22-15-50)42(47(52)53)27-41(51)40-8-4-5-9-43(40)61;1-9(14-7-16)11-3-5-12(6-4-11)13-10(2)15-8-17-13/h4-5,8-9,27-28,35-39,46,61H,6-7,10-26,29-34,51-53H2,1-3H3;3-9H,1-2H3,(H,14,16)/b41-27-;. The maximum absolute atomic E-state index is 13.6. The molecule has 1 saturated carbocycles. The summed E-state index contributed by atoms with van der Waals surface area (Å²) in [6.07, 6.45) is 14.3. The summed E-state index contributed by atoms with van der Waals surface area (Å²) in [5.74, 6) is 2.75. The molecule has 1 aliphatic carbocycles. The van der Waals surface area contributed by atoms with Crippen molar-refractivity contribution in [3.8, 4) is 16.2 Å².